The molecule has 0 saturated heterocycles. The molecule has 0 saturated carbocycles. The fraction of sp³-hybridized carbons (Fsp3) is 0.263. The van der Waals surface area contributed by atoms with Crippen LogP contribution in [0.15, 0.2) is 60.8 Å². The summed E-state index contributed by atoms with van der Waals surface area (Å²) in [6.07, 6.45) is 1.47. The van der Waals surface area contributed by atoms with E-state index in [0.29, 0.717) is 11.6 Å². The van der Waals surface area contributed by atoms with Crippen molar-refractivity contribution in [1.82, 2.24) is 9.88 Å². The summed E-state index contributed by atoms with van der Waals surface area (Å²) in [6.45, 7) is 0.504. The van der Waals surface area contributed by atoms with Crippen molar-refractivity contribution >= 4 is 36.0 Å². The van der Waals surface area contributed by atoms with Crippen LogP contribution >= 0.6 is 25.1 Å². The molecule has 0 aliphatic heterocycles. The number of nitrogens with one attached hydrogen (secondary N) is 1. The summed E-state index contributed by atoms with van der Waals surface area (Å²) < 4.78 is 2.11. The number of halogens is 1. The largest absolute Gasteiger partial charge is 0.389 e. The van der Waals surface area contributed by atoms with E-state index in [1.54, 1.807) is 0 Å². The van der Waals surface area contributed by atoms with Crippen molar-refractivity contribution in [3.8, 4) is 0 Å². The van der Waals surface area contributed by atoms with E-state index in [1.165, 1.54) is 0 Å². The summed E-state index contributed by atoms with van der Waals surface area (Å²) >= 11 is 6.14. The number of aromatic nitrogens is 1. The van der Waals surface area contributed by atoms with Crippen LogP contribution in [0.25, 0.3) is 10.9 Å². The molecule has 0 aliphatic carbocycles. The van der Waals surface area contributed by atoms with Gasteiger partial charge in [0.1, 0.15) is 0 Å². The Morgan fingerprint density at radius 2 is 1.88 bits per heavy atom. The molecule has 130 valence electrons. The number of benzene rings is 2. The summed E-state index contributed by atoms with van der Waals surface area (Å²) in [4.78, 5) is 0. The SMILES string of the molecule is C.CNC[C@@H](O)[C@H](c1cccc(Cl)c1)n1ccc2ccccc21.S. The third kappa shape index (κ3) is 4.14. The summed E-state index contributed by atoms with van der Waals surface area (Å²) in [6, 6.07) is 17.7. The molecule has 24 heavy (non-hydrogen) atoms. The molecule has 5 heteroatoms. The Morgan fingerprint density at radius 3 is 2.58 bits per heavy atom. The molecule has 0 fully saturated rings. The van der Waals surface area contributed by atoms with E-state index in [-0.39, 0.29) is 27.0 Å². The Kier molecular flexibility index (Phi) is 7.84. The van der Waals surface area contributed by atoms with Crippen LogP contribution in [0.4, 0.5) is 0 Å². The van der Waals surface area contributed by atoms with Crippen molar-refractivity contribution in [1.29, 1.82) is 0 Å². The van der Waals surface area contributed by atoms with Gasteiger partial charge in [0.05, 0.1) is 12.1 Å². The van der Waals surface area contributed by atoms with Crippen LogP contribution in [0.1, 0.15) is 19.0 Å². The van der Waals surface area contributed by atoms with Crippen molar-refractivity contribution < 1.29 is 5.11 Å². The zero-order chi connectivity index (χ0) is 15.5. The van der Waals surface area contributed by atoms with E-state index >= 15 is 0 Å². The Morgan fingerprint density at radius 1 is 1.12 bits per heavy atom. The monoisotopic (exact) mass is 364 g/mol. The molecule has 0 amide bonds. The number of nitrogens with zero attached hydrogens (tertiary/aromatic N) is 1. The molecule has 0 spiro atoms. The first-order valence-electron chi connectivity index (χ1n) is 7.34. The summed E-state index contributed by atoms with van der Waals surface area (Å²) in [5.41, 5.74) is 2.10. The molecule has 0 radical (unpaired) electrons. The second-order valence-electron chi connectivity index (χ2n) is 5.41. The highest BCUT2D eigenvalue weighted by Gasteiger charge is 2.23. The van der Waals surface area contributed by atoms with Gasteiger partial charge in [-0.05, 0) is 42.3 Å². The third-order valence-electron chi connectivity index (χ3n) is 3.90. The molecule has 1 aromatic heterocycles. The van der Waals surface area contributed by atoms with Crippen molar-refractivity contribution in [2.24, 2.45) is 0 Å². The lowest BCUT2D eigenvalue weighted by atomic mass is 10.0. The highest BCUT2D eigenvalue weighted by atomic mass is 35.5. The van der Waals surface area contributed by atoms with Gasteiger partial charge in [-0.25, -0.2) is 0 Å². The van der Waals surface area contributed by atoms with Crippen molar-refractivity contribution in [3.63, 3.8) is 0 Å². The second-order valence-corrected chi connectivity index (χ2v) is 5.84. The summed E-state index contributed by atoms with van der Waals surface area (Å²) in [5.74, 6) is 0. The standard InChI is InChI=1S/C18H19ClN2O.CH4.H2S/c1-20-12-17(22)18(14-6-4-7-15(19)11-14)21-10-9-13-5-2-3-8-16(13)21;;/h2-11,17-18,20,22H,12H2,1H3;1H4;1H2/t17-,18+;;/m1../s1. The second kappa shape index (κ2) is 9.14. The Bertz CT molecular complexity index is 775. The average Bonchev–Trinajstić information content (AvgIpc) is 2.92. The number of rotatable bonds is 5. The van der Waals surface area contributed by atoms with Crippen molar-refractivity contribution in [2.45, 2.75) is 19.6 Å². The minimum Gasteiger partial charge on any atom is -0.389 e. The van der Waals surface area contributed by atoms with Crippen molar-refractivity contribution in [2.75, 3.05) is 13.6 Å². The van der Waals surface area contributed by atoms with Gasteiger partial charge in [-0.15, -0.1) is 0 Å². The number of likely N-dealkylation sites (N-methyl/N-ethyl adjacent to an activating group) is 1. The van der Waals surface area contributed by atoms with Crippen molar-refractivity contribution in [3.05, 3.63) is 71.4 Å². The quantitative estimate of drug-likeness (QED) is 0.711. The van der Waals surface area contributed by atoms with Crippen LogP contribution in [-0.4, -0.2) is 29.4 Å². The first-order valence-corrected chi connectivity index (χ1v) is 7.72. The fourth-order valence-electron chi connectivity index (χ4n) is 2.93. The molecule has 1 heterocycles. The number of hydrogen-bond acceptors (Lipinski definition) is 2. The smallest absolute Gasteiger partial charge is 0.0912 e. The van der Waals surface area contributed by atoms with E-state index in [1.807, 2.05) is 49.6 Å². The maximum atomic E-state index is 10.7. The lowest BCUT2D eigenvalue weighted by Crippen LogP contribution is -2.33. The van der Waals surface area contributed by atoms with Gasteiger partial charge in [0.2, 0.25) is 0 Å². The van der Waals surface area contributed by atoms with Crippen LogP contribution < -0.4 is 5.32 Å². The lowest BCUT2D eigenvalue weighted by Gasteiger charge is -2.26. The minimum atomic E-state index is -0.556. The van der Waals surface area contributed by atoms with Crippen LogP contribution in [0, 0.1) is 0 Å². The lowest BCUT2D eigenvalue weighted by molar-refractivity contribution is 0.132. The normalized spacial score (nSPS) is 13.0. The predicted molar refractivity (Wildman–Crippen MR) is 109 cm³/mol. The Labute approximate surface area is 155 Å². The van der Waals surface area contributed by atoms with E-state index in [2.05, 4.69) is 28.1 Å². The van der Waals surface area contributed by atoms with Crippen LogP contribution in [0.3, 0.4) is 0 Å². The van der Waals surface area contributed by atoms with E-state index < -0.39 is 6.10 Å². The Hall–Kier alpha value is -1.46. The molecule has 2 atom stereocenters. The predicted octanol–water partition coefficient (Wildman–Crippen LogP) is 4.21. The zero-order valence-corrected chi connectivity index (χ0v) is 14.7. The first kappa shape index (κ1) is 20.6. The maximum absolute atomic E-state index is 10.7. The fourth-order valence-corrected chi connectivity index (χ4v) is 3.13. The number of hydrogen-bond donors (Lipinski definition) is 2. The third-order valence-corrected chi connectivity index (χ3v) is 4.13. The summed E-state index contributed by atoms with van der Waals surface area (Å²) in [5, 5.41) is 15.5. The highest BCUT2D eigenvalue weighted by Crippen LogP contribution is 2.29. The molecule has 3 aromatic rings. The van der Waals surface area contributed by atoms with E-state index in [0.717, 1.165) is 16.5 Å². The molecule has 0 aliphatic rings. The van der Waals surface area contributed by atoms with Gasteiger partial charge in [0.25, 0.3) is 0 Å². The van der Waals surface area contributed by atoms with Gasteiger partial charge in [-0.2, -0.15) is 13.5 Å². The average molecular weight is 365 g/mol. The molecule has 3 nitrogen and oxygen atoms in total. The van der Waals surface area contributed by atoms with Crippen LogP contribution in [0.5, 0.6) is 0 Å². The molecular formula is C19H25ClN2OS. The molecule has 3 rings (SSSR count). The van der Waals surface area contributed by atoms with Gasteiger partial charge in [0.15, 0.2) is 0 Å². The highest BCUT2D eigenvalue weighted by molar-refractivity contribution is 7.59. The van der Waals surface area contributed by atoms with Crippen LogP contribution in [-0.2, 0) is 0 Å². The van der Waals surface area contributed by atoms with Gasteiger partial charge < -0.3 is 15.0 Å². The molecule has 2 N–H and O–H groups in total. The molecule has 2 aromatic carbocycles. The number of aliphatic hydroxyl groups excluding tert-OH is 1. The van der Waals surface area contributed by atoms with Gasteiger partial charge in [-0.3, -0.25) is 0 Å². The van der Waals surface area contributed by atoms with Crippen LogP contribution in [0.2, 0.25) is 5.02 Å². The van der Waals surface area contributed by atoms with Gasteiger partial charge in [-0.1, -0.05) is 49.4 Å². The number of aliphatic hydroxyl groups is 1. The van der Waals surface area contributed by atoms with Gasteiger partial charge >= 0.3 is 0 Å². The maximum Gasteiger partial charge on any atom is 0.0912 e. The minimum absolute atomic E-state index is 0. The molecule has 0 unspecified atom stereocenters. The topological polar surface area (TPSA) is 37.2 Å². The van der Waals surface area contributed by atoms with Gasteiger partial charge in [0, 0.05) is 23.3 Å². The number of para-hydroxylation sites is 1. The molecular weight excluding hydrogens is 340 g/mol. The molecule has 0 bridgehead atoms. The van der Waals surface area contributed by atoms with E-state index in [9.17, 15) is 5.11 Å². The van der Waals surface area contributed by atoms with E-state index in [4.69, 9.17) is 11.6 Å². The zero-order valence-electron chi connectivity index (χ0n) is 12.9. The first-order chi connectivity index (χ1) is 10.7. The Balaban J connectivity index is 0.00000144. The summed E-state index contributed by atoms with van der Waals surface area (Å²) in [7, 11) is 1.84. The number of fused-ring (bicyclic) bond motifs is 1.